The van der Waals surface area contributed by atoms with Gasteiger partial charge in [-0.05, 0) is 30.5 Å². The second-order valence-corrected chi connectivity index (χ2v) is 6.85. The first-order chi connectivity index (χ1) is 11.5. The minimum absolute atomic E-state index is 0.312. The van der Waals surface area contributed by atoms with Gasteiger partial charge >= 0.3 is 0 Å². The van der Waals surface area contributed by atoms with Gasteiger partial charge in [0.05, 0.1) is 0 Å². The van der Waals surface area contributed by atoms with Crippen molar-refractivity contribution in [3.05, 3.63) is 65.7 Å². The Bertz CT molecular complexity index is 598. The first kappa shape index (κ1) is 18.5. The fourth-order valence-electron chi connectivity index (χ4n) is 2.85. The number of aliphatic hydroxyl groups excluding tert-OH is 1. The summed E-state index contributed by atoms with van der Waals surface area (Å²) in [5, 5.41) is 10.4. The Kier molecular flexibility index (Phi) is 7.29. The Labute approximate surface area is 145 Å². The van der Waals surface area contributed by atoms with Crippen LogP contribution in [0.1, 0.15) is 25.0 Å². The molecule has 0 radical (unpaired) electrons. The molecule has 0 fully saturated rings. The molecule has 1 N–H and O–H groups in total. The maximum absolute atomic E-state index is 10.4. The number of aliphatic hydroxyl groups is 1. The van der Waals surface area contributed by atoms with Gasteiger partial charge in [0.15, 0.2) is 0 Å². The average molecular weight is 327 g/mol. The third-order valence-corrected chi connectivity index (χ3v) is 3.77. The van der Waals surface area contributed by atoms with Crippen LogP contribution >= 0.6 is 0 Å². The molecule has 0 spiro atoms. The zero-order valence-corrected chi connectivity index (χ0v) is 15.0. The van der Waals surface area contributed by atoms with E-state index in [2.05, 4.69) is 49.9 Å². The van der Waals surface area contributed by atoms with E-state index in [1.165, 1.54) is 11.1 Å². The fourth-order valence-corrected chi connectivity index (χ4v) is 2.85. The van der Waals surface area contributed by atoms with Crippen LogP contribution in [0.2, 0.25) is 0 Å². The first-order valence-electron chi connectivity index (χ1n) is 8.66. The molecular formula is C21H29NO2. The first-order valence-corrected chi connectivity index (χ1v) is 8.66. The van der Waals surface area contributed by atoms with E-state index in [1.807, 2.05) is 30.3 Å². The van der Waals surface area contributed by atoms with Crippen molar-refractivity contribution in [2.24, 2.45) is 5.92 Å². The molecule has 0 aliphatic carbocycles. The van der Waals surface area contributed by atoms with Gasteiger partial charge in [-0.15, -0.1) is 0 Å². The van der Waals surface area contributed by atoms with Gasteiger partial charge in [-0.1, -0.05) is 61.9 Å². The molecule has 0 aromatic heterocycles. The molecule has 0 saturated heterocycles. The number of hydrogen-bond acceptors (Lipinski definition) is 3. The van der Waals surface area contributed by atoms with E-state index in [4.69, 9.17) is 4.74 Å². The van der Waals surface area contributed by atoms with E-state index in [-0.39, 0.29) is 0 Å². The molecule has 0 heterocycles. The molecule has 130 valence electrons. The monoisotopic (exact) mass is 327 g/mol. The summed E-state index contributed by atoms with van der Waals surface area (Å²) >= 11 is 0. The highest BCUT2D eigenvalue weighted by Gasteiger charge is 2.14. The minimum Gasteiger partial charge on any atom is -0.491 e. The molecule has 0 bridgehead atoms. The van der Waals surface area contributed by atoms with Crippen LogP contribution in [0.25, 0.3) is 0 Å². The van der Waals surface area contributed by atoms with E-state index in [0.29, 0.717) is 19.1 Å². The highest BCUT2D eigenvalue weighted by molar-refractivity contribution is 5.22. The van der Waals surface area contributed by atoms with Crippen LogP contribution in [0.4, 0.5) is 0 Å². The van der Waals surface area contributed by atoms with Crippen LogP contribution < -0.4 is 4.74 Å². The highest BCUT2D eigenvalue weighted by atomic mass is 16.5. The topological polar surface area (TPSA) is 32.7 Å². The number of benzene rings is 2. The molecule has 3 nitrogen and oxygen atoms in total. The lowest BCUT2D eigenvalue weighted by molar-refractivity contribution is 0.0615. The second-order valence-electron chi connectivity index (χ2n) is 6.85. The zero-order valence-electron chi connectivity index (χ0n) is 15.0. The molecule has 0 saturated carbocycles. The van der Waals surface area contributed by atoms with Crippen molar-refractivity contribution < 1.29 is 9.84 Å². The third-order valence-electron chi connectivity index (χ3n) is 3.77. The number of rotatable bonds is 9. The fraction of sp³-hybridized carbons (Fsp3) is 0.429. The summed E-state index contributed by atoms with van der Waals surface area (Å²) in [4.78, 5) is 2.30. The van der Waals surface area contributed by atoms with Gasteiger partial charge in [0.2, 0.25) is 0 Å². The molecule has 0 aliphatic rings. The van der Waals surface area contributed by atoms with Gasteiger partial charge in [-0.3, -0.25) is 4.90 Å². The van der Waals surface area contributed by atoms with E-state index >= 15 is 0 Å². The van der Waals surface area contributed by atoms with Crippen LogP contribution in [0.5, 0.6) is 5.75 Å². The van der Waals surface area contributed by atoms with E-state index in [0.717, 1.165) is 18.8 Å². The van der Waals surface area contributed by atoms with Crippen LogP contribution in [0.3, 0.4) is 0 Å². The summed E-state index contributed by atoms with van der Waals surface area (Å²) in [6, 6.07) is 18.2. The lowest BCUT2D eigenvalue weighted by Gasteiger charge is -2.27. The summed E-state index contributed by atoms with van der Waals surface area (Å²) in [6.07, 6.45) is -0.506. The normalized spacial score (nSPS) is 12.6. The number of nitrogens with zero attached hydrogens (tertiary/aromatic N) is 1. The molecule has 24 heavy (non-hydrogen) atoms. The minimum atomic E-state index is -0.506. The van der Waals surface area contributed by atoms with Crippen molar-refractivity contribution in [1.82, 2.24) is 4.90 Å². The maximum atomic E-state index is 10.4. The van der Waals surface area contributed by atoms with Gasteiger partial charge in [-0.2, -0.15) is 0 Å². The van der Waals surface area contributed by atoms with Gasteiger partial charge in [0.1, 0.15) is 18.5 Å². The number of hydrogen-bond donors (Lipinski definition) is 1. The van der Waals surface area contributed by atoms with Crippen molar-refractivity contribution in [1.29, 1.82) is 0 Å². The summed E-state index contributed by atoms with van der Waals surface area (Å²) in [6.45, 7) is 9.25. The Morgan fingerprint density at radius 3 is 2.42 bits per heavy atom. The number of aryl methyl sites for hydroxylation is 1. The molecule has 1 atom stereocenters. The van der Waals surface area contributed by atoms with Gasteiger partial charge in [0, 0.05) is 19.6 Å². The number of ether oxygens (including phenoxy) is 1. The van der Waals surface area contributed by atoms with Crippen molar-refractivity contribution in [2.45, 2.75) is 33.4 Å². The lowest BCUT2D eigenvalue weighted by Crippen LogP contribution is -2.37. The van der Waals surface area contributed by atoms with E-state index in [9.17, 15) is 5.11 Å². The SMILES string of the molecule is Cc1cccc(CN(CC(C)C)C[C@@H](O)COc2ccccc2)c1. The second kappa shape index (κ2) is 9.45. The Balaban J connectivity index is 1.89. The molecule has 3 heteroatoms. The van der Waals surface area contributed by atoms with E-state index < -0.39 is 6.10 Å². The Hall–Kier alpha value is -1.84. The van der Waals surface area contributed by atoms with Crippen molar-refractivity contribution in [2.75, 3.05) is 19.7 Å². The van der Waals surface area contributed by atoms with Crippen LogP contribution in [-0.2, 0) is 6.54 Å². The van der Waals surface area contributed by atoms with Crippen LogP contribution in [0.15, 0.2) is 54.6 Å². The van der Waals surface area contributed by atoms with Crippen LogP contribution in [0, 0.1) is 12.8 Å². The third kappa shape index (κ3) is 6.73. The summed E-state index contributed by atoms with van der Waals surface area (Å²) < 4.78 is 5.67. The molecule has 2 aromatic rings. The smallest absolute Gasteiger partial charge is 0.119 e. The summed E-state index contributed by atoms with van der Waals surface area (Å²) in [7, 11) is 0. The standard InChI is InChI=1S/C21H29NO2/c1-17(2)13-22(14-19-9-7-8-18(3)12-19)15-20(23)16-24-21-10-5-4-6-11-21/h4-12,17,20,23H,13-16H2,1-3H3/t20-/m1/s1. The van der Waals surface area contributed by atoms with Crippen molar-refractivity contribution >= 4 is 0 Å². The number of para-hydroxylation sites is 1. The molecule has 0 amide bonds. The molecule has 2 aromatic carbocycles. The average Bonchev–Trinajstić information content (AvgIpc) is 2.53. The molecular weight excluding hydrogens is 298 g/mol. The predicted octanol–water partition coefficient (Wildman–Crippen LogP) is 3.89. The summed E-state index contributed by atoms with van der Waals surface area (Å²) in [5.41, 5.74) is 2.55. The quantitative estimate of drug-likeness (QED) is 0.758. The van der Waals surface area contributed by atoms with Gasteiger partial charge in [-0.25, -0.2) is 0 Å². The predicted molar refractivity (Wildman–Crippen MR) is 99.2 cm³/mol. The maximum Gasteiger partial charge on any atom is 0.119 e. The van der Waals surface area contributed by atoms with Crippen molar-refractivity contribution in [3.63, 3.8) is 0 Å². The van der Waals surface area contributed by atoms with Crippen molar-refractivity contribution in [3.8, 4) is 5.75 Å². The molecule has 0 unspecified atom stereocenters. The van der Waals surface area contributed by atoms with Gasteiger partial charge in [0.25, 0.3) is 0 Å². The van der Waals surface area contributed by atoms with Crippen LogP contribution in [-0.4, -0.2) is 35.8 Å². The highest BCUT2D eigenvalue weighted by Crippen LogP contribution is 2.12. The molecule has 2 rings (SSSR count). The largest absolute Gasteiger partial charge is 0.491 e. The Morgan fingerprint density at radius 2 is 1.75 bits per heavy atom. The summed E-state index contributed by atoms with van der Waals surface area (Å²) in [5.74, 6) is 1.35. The lowest BCUT2D eigenvalue weighted by atomic mass is 10.1. The van der Waals surface area contributed by atoms with Gasteiger partial charge < -0.3 is 9.84 Å². The zero-order chi connectivity index (χ0) is 17.4. The molecule has 0 aliphatic heterocycles. The van der Waals surface area contributed by atoms with E-state index in [1.54, 1.807) is 0 Å². The Morgan fingerprint density at radius 1 is 1.00 bits per heavy atom.